The molecule has 2 aliphatic rings. The summed E-state index contributed by atoms with van der Waals surface area (Å²) < 4.78 is 63.1. The highest BCUT2D eigenvalue weighted by Gasteiger charge is 2.36. The lowest BCUT2D eigenvalue weighted by Crippen LogP contribution is -2.32. The molecule has 1 unspecified atom stereocenters. The minimum Gasteiger partial charge on any atom is -0.345 e. The number of fused-ring (bicyclic) bond motifs is 1. The Labute approximate surface area is 156 Å². The predicted octanol–water partition coefficient (Wildman–Crippen LogP) is 3.69. The van der Waals surface area contributed by atoms with Crippen LogP contribution in [0.2, 0.25) is 10.0 Å². The van der Waals surface area contributed by atoms with Crippen molar-refractivity contribution >= 4 is 41.2 Å². The van der Waals surface area contributed by atoms with Crippen molar-refractivity contribution in [2.75, 3.05) is 0 Å². The van der Waals surface area contributed by atoms with Crippen LogP contribution >= 0.6 is 23.2 Å². The van der Waals surface area contributed by atoms with E-state index in [0.717, 1.165) is 10.8 Å². The molecular formula is C17H16Cl2N3O+. The molecule has 1 atom stereocenters. The van der Waals surface area contributed by atoms with Gasteiger partial charge in [0.1, 0.15) is 0 Å². The summed E-state index contributed by atoms with van der Waals surface area (Å²) in [5.74, 6) is -1.07. The molecule has 0 saturated carbocycles. The Morgan fingerprint density at radius 1 is 1.43 bits per heavy atom. The predicted molar refractivity (Wildman–Crippen MR) is 93.1 cm³/mol. The van der Waals surface area contributed by atoms with Gasteiger partial charge in [-0.05, 0) is 41.2 Å². The van der Waals surface area contributed by atoms with Gasteiger partial charge in [-0.25, -0.2) is 0 Å². The van der Waals surface area contributed by atoms with Gasteiger partial charge in [-0.3, -0.25) is 4.79 Å². The lowest BCUT2D eigenvalue weighted by molar-refractivity contribution is -0.337. The molecule has 118 valence electrons. The number of amides is 1. The second-order valence-electron chi connectivity index (χ2n) is 4.83. The van der Waals surface area contributed by atoms with E-state index in [2.05, 4.69) is 10.3 Å². The van der Waals surface area contributed by atoms with Crippen LogP contribution in [-0.2, 0) is 11.3 Å². The van der Waals surface area contributed by atoms with E-state index in [1.54, 1.807) is 12.1 Å². The number of carbonyl (C=O) groups is 1. The molecule has 2 heterocycles. The van der Waals surface area contributed by atoms with Crippen molar-refractivity contribution < 1.29 is 20.3 Å². The molecule has 0 bridgehead atoms. The Hall–Kier alpha value is -1.91. The van der Waals surface area contributed by atoms with Crippen molar-refractivity contribution in [1.82, 2.24) is 5.32 Å². The number of nitrogens with zero attached hydrogens (tertiary/aromatic N) is 2. The summed E-state index contributed by atoms with van der Waals surface area (Å²) in [5.41, 5.74) is -0.921. The molecule has 0 radical (unpaired) electrons. The van der Waals surface area contributed by atoms with E-state index < -0.39 is 49.0 Å². The molecule has 0 spiro atoms. The van der Waals surface area contributed by atoms with Gasteiger partial charge >= 0.3 is 5.84 Å². The van der Waals surface area contributed by atoms with Gasteiger partial charge in [0, 0.05) is 33.0 Å². The van der Waals surface area contributed by atoms with E-state index in [4.69, 9.17) is 34.2 Å². The first kappa shape index (κ1) is 8.81. The van der Waals surface area contributed by atoms with Crippen LogP contribution in [0.4, 0.5) is 0 Å². The van der Waals surface area contributed by atoms with E-state index >= 15 is 0 Å². The second-order valence-corrected chi connectivity index (χ2v) is 5.70. The van der Waals surface area contributed by atoms with Gasteiger partial charge < -0.3 is 5.32 Å². The van der Waals surface area contributed by atoms with E-state index in [9.17, 15) is 4.79 Å². The van der Waals surface area contributed by atoms with Crippen LogP contribution in [0.5, 0.6) is 0 Å². The zero-order chi connectivity index (χ0) is 23.3. The maximum Gasteiger partial charge on any atom is 0.308 e. The zero-order valence-electron chi connectivity index (χ0n) is 19.7. The van der Waals surface area contributed by atoms with Gasteiger partial charge in [0.15, 0.2) is 0 Å². The Kier molecular flexibility index (Phi) is 2.41. The van der Waals surface area contributed by atoms with Gasteiger partial charge in [-0.2, -0.15) is 4.58 Å². The Morgan fingerprint density at radius 3 is 2.91 bits per heavy atom. The molecule has 0 aromatic heterocycles. The lowest BCUT2D eigenvalue weighted by Gasteiger charge is -2.10. The molecular weight excluding hydrogens is 333 g/mol. The molecule has 0 saturated heterocycles. The topological polar surface area (TPSA) is 44.5 Å². The fourth-order valence-corrected chi connectivity index (χ4v) is 2.76. The van der Waals surface area contributed by atoms with Gasteiger partial charge in [0.05, 0.1) is 14.0 Å². The summed E-state index contributed by atoms with van der Waals surface area (Å²) in [7, 11) is 0. The third kappa shape index (κ3) is 3.38. The summed E-state index contributed by atoms with van der Waals surface area (Å²) in [6, 6.07) is 4.12. The number of carbonyl (C=O) groups excluding carboxylic acids is 1. The third-order valence-corrected chi connectivity index (χ3v) is 3.58. The number of hydrogen-bond donors (Lipinski definition) is 1. The summed E-state index contributed by atoms with van der Waals surface area (Å²) in [4.78, 5) is 16.9. The second kappa shape index (κ2) is 6.30. The number of nitrogens with one attached hydrogen (secondary N) is 1. The largest absolute Gasteiger partial charge is 0.345 e. The average molecular weight is 357 g/mol. The molecule has 1 aromatic rings. The molecule has 0 aliphatic carbocycles. The number of benzene rings is 1. The highest BCUT2D eigenvalue weighted by molar-refractivity contribution is 6.34. The molecule has 3 rings (SSSR count). The smallest absolute Gasteiger partial charge is 0.308 e. The van der Waals surface area contributed by atoms with Crippen LogP contribution in [0.1, 0.15) is 36.6 Å². The molecule has 1 N–H and O–H groups in total. The van der Waals surface area contributed by atoms with Crippen molar-refractivity contribution in [3.05, 3.63) is 56.8 Å². The van der Waals surface area contributed by atoms with Crippen LogP contribution < -0.4 is 5.32 Å². The van der Waals surface area contributed by atoms with Gasteiger partial charge in [-0.1, -0.05) is 29.3 Å². The number of rotatable bonds is 3. The molecule has 1 aromatic carbocycles. The normalized spacial score (nSPS) is 26.4. The SMILES string of the molecule is [2H]C1=C(C([2H])([2H])[2H])C=[N+]2C(=NC(C([2H])([2H])[2H])=C2C(=O)NCc2cc(Cl)cc(Cl)c2)C1[2H]. The number of allylic oxidation sites excluding steroid dienone is 2. The lowest BCUT2D eigenvalue weighted by atomic mass is 10.2. The molecule has 23 heavy (non-hydrogen) atoms. The van der Waals surface area contributed by atoms with E-state index in [1.165, 1.54) is 6.07 Å². The van der Waals surface area contributed by atoms with Gasteiger partial charge in [0.25, 0.3) is 5.91 Å². The molecule has 6 heteroatoms. The van der Waals surface area contributed by atoms with Crippen LogP contribution in [0.15, 0.2) is 46.2 Å². The minimum absolute atomic E-state index is 0.0456. The number of amidine groups is 1. The first-order valence-electron chi connectivity index (χ1n) is 10.6. The van der Waals surface area contributed by atoms with E-state index in [0.29, 0.717) is 15.6 Å². The van der Waals surface area contributed by atoms with Gasteiger partial charge in [0.2, 0.25) is 11.4 Å². The monoisotopic (exact) mass is 356 g/mol. The molecule has 2 aliphatic heterocycles. The highest BCUT2D eigenvalue weighted by atomic mass is 35.5. The Balaban J connectivity index is 2.02. The molecule has 4 nitrogen and oxygen atoms in total. The summed E-state index contributed by atoms with van der Waals surface area (Å²) in [5, 5.41) is 3.25. The number of halogens is 2. The van der Waals surface area contributed by atoms with E-state index in [1.807, 2.05) is 0 Å². The standard InChI is InChI=1S/C17H15Cl2N3O/c1-10-3-4-15-21-11(2)16(22(15)9-10)17(23)20-8-12-5-13(18)7-14(19)6-12/h3,5-7,9H,4,8H2,1-2H3/p+1/i1D3,2D3,3D,4D. The van der Waals surface area contributed by atoms with Crippen LogP contribution in [0, 0.1) is 0 Å². The fraction of sp³-hybridized carbons (Fsp3) is 0.235. The third-order valence-electron chi connectivity index (χ3n) is 3.14. The Bertz CT molecular complexity index is 1070. The quantitative estimate of drug-likeness (QED) is 0.824. The van der Waals surface area contributed by atoms with Crippen LogP contribution in [0.25, 0.3) is 0 Å². The van der Waals surface area contributed by atoms with Crippen molar-refractivity contribution in [3.63, 3.8) is 0 Å². The van der Waals surface area contributed by atoms with Crippen molar-refractivity contribution in [3.8, 4) is 0 Å². The number of hydrogen-bond acceptors (Lipinski definition) is 2. The molecule has 0 fully saturated rings. The molecule has 1 amide bonds. The average Bonchev–Trinajstić information content (AvgIpc) is 3.01. The maximum atomic E-state index is 13.0. The first-order chi connectivity index (χ1) is 14.2. The Morgan fingerprint density at radius 2 is 2.22 bits per heavy atom. The fourth-order valence-electron chi connectivity index (χ4n) is 2.19. The van der Waals surface area contributed by atoms with Crippen LogP contribution in [-0.4, -0.2) is 22.5 Å². The minimum atomic E-state index is -2.81. The number of aliphatic imine (C=N–C) groups is 1. The summed E-state index contributed by atoms with van der Waals surface area (Å²) >= 11 is 11.9. The van der Waals surface area contributed by atoms with E-state index in [-0.39, 0.29) is 12.4 Å². The maximum absolute atomic E-state index is 13.0. The highest BCUT2D eigenvalue weighted by Crippen LogP contribution is 2.22. The summed E-state index contributed by atoms with van der Waals surface area (Å²) in [6.07, 6.45) is -0.585. The van der Waals surface area contributed by atoms with Crippen molar-refractivity contribution in [2.24, 2.45) is 4.99 Å². The van der Waals surface area contributed by atoms with Crippen molar-refractivity contribution in [1.29, 1.82) is 0 Å². The van der Waals surface area contributed by atoms with Crippen LogP contribution in [0.3, 0.4) is 0 Å². The zero-order valence-corrected chi connectivity index (χ0v) is 13.2. The summed E-state index contributed by atoms with van der Waals surface area (Å²) in [6.45, 7) is -5.59. The first-order valence-corrected chi connectivity index (χ1v) is 7.30. The van der Waals surface area contributed by atoms with Gasteiger partial charge in [-0.15, -0.1) is 0 Å². The van der Waals surface area contributed by atoms with Crippen molar-refractivity contribution in [2.45, 2.75) is 26.6 Å².